The molecule has 0 fully saturated rings. The number of rotatable bonds is 1. The molecule has 0 spiro atoms. The van der Waals surface area contributed by atoms with E-state index in [0.717, 1.165) is 18.2 Å². The van der Waals surface area contributed by atoms with Crippen molar-refractivity contribution in [2.75, 3.05) is 4.90 Å². The number of nitrogens with zero attached hydrogens (tertiary/aromatic N) is 1. The van der Waals surface area contributed by atoms with Crippen LogP contribution in [0.1, 0.15) is 5.56 Å². The van der Waals surface area contributed by atoms with Gasteiger partial charge in [0.05, 0.1) is 11.3 Å². The molecule has 5 N–H and O–H groups in total. The topological polar surface area (TPSA) is 96.2 Å². The van der Waals surface area contributed by atoms with Crippen LogP contribution in [0.4, 0.5) is 23.7 Å². The highest BCUT2D eigenvalue weighted by Crippen LogP contribution is 2.36. The number of hydrogen-bond donors (Lipinski definition) is 3. The summed E-state index contributed by atoms with van der Waals surface area (Å²) in [5.41, 5.74) is 8.25. The Morgan fingerprint density at radius 3 is 2.18 bits per heavy atom. The minimum absolute atomic E-state index is 0.281. The molecule has 0 aliphatic carbocycles. The number of hydrogen-bond acceptors (Lipinski definition) is 2. The van der Waals surface area contributed by atoms with Crippen molar-refractivity contribution in [1.29, 1.82) is 5.41 Å². The summed E-state index contributed by atoms with van der Waals surface area (Å²) in [4.78, 5) is 11.3. The molecule has 8 heteroatoms. The molecule has 0 heterocycles. The fraction of sp³-hybridized carbons (Fsp3) is 0.111. The van der Waals surface area contributed by atoms with Gasteiger partial charge in [0.1, 0.15) is 0 Å². The predicted octanol–water partition coefficient (Wildman–Crippen LogP) is 1.48. The fourth-order valence-corrected chi connectivity index (χ4v) is 1.28. The fourth-order valence-electron chi connectivity index (χ4n) is 1.28. The molecule has 1 aromatic rings. The molecule has 0 aromatic heterocycles. The van der Waals surface area contributed by atoms with Gasteiger partial charge < -0.3 is 11.5 Å². The van der Waals surface area contributed by atoms with Crippen molar-refractivity contribution < 1.29 is 18.0 Å². The highest BCUT2D eigenvalue weighted by molar-refractivity contribution is 6.13. The Hall–Kier alpha value is -2.25. The van der Waals surface area contributed by atoms with Gasteiger partial charge in [0, 0.05) is 0 Å². The number of primary amides is 1. The first-order chi connectivity index (χ1) is 7.75. The van der Waals surface area contributed by atoms with Gasteiger partial charge in [0.25, 0.3) is 0 Å². The summed E-state index contributed by atoms with van der Waals surface area (Å²) in [6.45, 7) is 0. The Bertz CT molecular complexity index is 444. The number of alkyl halides is 3. The van der Waals surface area contributed by atoms with Crippen LogP contribution in [0, 0.1) is 5.41 Å². The largest absolute Gasteiger partial charge is 0.418 e. The minimum Gasteiger partial charge on any atom is -0.369 e. The molecule has 92 valence electrons. The first-order valence-electron chi connectivity index (χ1n) is 4.35. The number of amides is 2. The molecule has 0 bridgehead atoms. The van der Waals surface area contributed by atoms with E-state index in [0.29, 0.717) is 0 Å². The molecule has 17 heavy (non-hydrogen) atoms. The van der Waals surface area contributed by atoms with Crippen LogP contribution in [0.5, 0.6) is 0 Å². The second-order valence-corrected chi connectivity index (χ2v) is 3.07. The zero-order chi connectivity index (χ0) is 13.2. The second-order valence-electron chi connectivity index (χ2n) is 3.07. The van der Waals surface area contributed by atoms with E-state index in [4.69, 9.17) is 16.9 Å². The van der Waals surface area contributed by atoms with Gasteiger partial charge in [0.2, 0.25) is 5.96 Å². The average Bonchev–Trinajstić information content (AvgIpc) is 2.15. The van der Waals surface area contributed by atoms with E-state index in [-0.39, 0.29) is 4.90 Å². The van der Waals surface area contributed by atoms with E-state index in [2.05, 4.69) is 0 Å². The van der Waals surface area contributed by atoms with Gasteiger partial charge in [-0.05, 0) is 12.1 Å². The number of anilines is 1. The van der Waals surface area contributed by atoms with Crippen LogP contribution in [0.25, 0.3) is 0 Å². The van der Waals surface area contributed by atoms with Crippen LogP contribution in [-0.2, 0) is 6.18 Å². The van der Waals surface area contributed by atoms with E-state index in [1.807, 2.05) is 0 Å². The summed E-state index contributed by atoms with van der Waals surface area (Å²) in [7, 11) is 0. The monoisotopic (exact) mass is 246 g/mol. The molecule has 0 aliphatic rings. The van der Waals surface area contributed by atoms with Gasteiger partial charge in [-0.25, -0.2) is 9.69 Å². The zero-order valence-electron chi connectivity index (χ0n) is 8.45. The van der Waals surface area contributed by atoms with Crippen molar-refractivity contribution in [3.63, 3.8) is 0 Å². The quantitative estimate of drug-likeness (QED) is 0.517. The molecule has 0 saturated carbocycles. The Balaban J connectivity index is 3.39. The van der Waals surface area contributed by atoms with E-state index >= 15 is 0 Å². The Morgan fingerprint density at radius 1 is 1.24 bits per heavy atom. The van der Waals surface area contributed by atoms with Gasteiger partial charge in [-0.3, -0.25) is 5.41 Å². The third-order valence-electron chi connectivity index (χ3n) is 1.91. The van der Waals surface area contributed by atoms with Crippen molar-refractivity contribution in [3.8, 4) is 0 Å². The first-order valence-corrected chi connectivity index (χ1v) is 4.35. The lowest BCUT2D eigenvalue weighted by molar-refractivity contribution is -0.137. The van der Waals surface area contributed by atoms with Crippen LogP contribution < -0.4 is 16.4 Å². The van der Waals surface area contributed by atoms with Crippen LogP contribution in [-0.4, -0.2) is 12.0 Å². The minimum atomic E-state index is -4.67. The summed E-state index contributed by atoms with van der Waals surface area (Å²) in [5, 5.41) is 7.06. The number of carbonyl (C=O) groups is 1. The van der Waals surface area contributed by atoms with Gasteiger partial charge in [-0.15, -0.1) is 0 Å². The summed E-state index contributed by atoms with van der Waals surface area (Å²) >= 11 is 0. The molecule has 0 atom stereocenters. The number of carbonyl (C=O) groups excluding carboxylic acids is 1. The molecule has 0 saturated heterocycles. The molecule has 1 aromatic carbocycles. The molecule has 5 nitrogen and oxygen atoms in total. The lowest BCUT2D eigenvalue weighted by atomic mass is 10.1. The number of nitrogens with two attached hydrogens (primary N) is 2. The van der Waals surface area contributed by atoms with Crippen molar-refractivity contribution >= 4 is 17.7 Å². The van der Waals surface area contributed by atoms with E-state index in [1.54, 1.807) is 0 Å². The summed E-state index contributed by atoms with van der Waals surface area (Å²) in [5.74, 6) is -0.880. The van der Waals surface area contributed by atoms with Crippen LogP contribution in [0.15, 0.2) is 24.3 Å². The molecule has 2 amide bonds. The normalized spacial score (nSPS) is 11.0. The molecule has 0 aliphatic heterocycles. The van der Waals surface area contributed by atoms with E-state index < -0.39 is 29.4 Å². The van der Waals surface area contributed by atoms with Gasteiger partial charge in [0.15, 0.2) is 0 Å². The second kappa shape index (κ2) is 4.32. The predicted molar refractivity (Wildman–Crippen MR) is 55.4 cm³/mol. The standard InChI is InChI=1S/C9H9F3N4O/c10-9(11,12)5-3-1-2-4-6(5)16(7(13)14)8(15)17/h1-4H,(H3,13,14)(H2,15,17). The first kappa shape index (κ1) is 12.8. The summed E-state index contributed by atoms with van der Waals surface area (Å²) < 4.78 is 37.9. The lowest BCUT2D eigenvalue weighted by Crippen LogP contribution is -2.45. The molecular weight excluding hydrogens is 237 g/mol. The molecule has 0 unspecified atom stereocenters. The number of halogens is 3. The SMILES string of the molecule is N=C(N)N(C(N)=O)c1ccccc1C(F)(F)F. The van der Waals surface area contributed by atoms with Crippen LogP contribution in [0.3, 0.4) is 0 Å². The van der Waals surface area contributed by atoms with Crippen LogP contribution >= 0.6 is 0 Å². The van der Waals surface area contributed by atoms with E-state index in [9.17, 15) is 18.0 Å². The maximum Gasteiger partial charge on any atom is 0.418 e. The maximum absolute atomic E-state index is 12.6. The number of benzene rings is 1. The highest BCUT2D eigenvalue weighted by Gasteiger charge is 2.36. The van der Waals surface area contributed by atoms with Gasteiger partial charge in [-0.1, -0.05) is 12.1 Å². The number of urea groups is 1. The summed E-state index contributed by atoms with van der Waals surface area (Å²) in [6, 6.07) is 2.97. The Labute approximate surface area is 94.3 Å². The van der Waals surface area contributed by atoms with Gasteiger partial charge in [-0.2, -0.15) is 13.2 Å². The maximum atomic E-state index is 12.6. The Morgan fingerprint density at radius 2 is 1.76 bits per heavy atom. The van der Waals surface area contributed by atoms with Crippen molar-refractivity contribution in [2.24, 2.45) is 11.5 Å². The smallest absolute Gasteiger partial charge is 0.369 e. The third-order valence-corrected chi connectivity index (χ3v) is 1.91. The summed E-state index contributed by atoms with van der Waals surface area (Å²) in [6.07, 6.45) is -4.67. The number of guanidine groups is 1. The number of para-hydroxylation sites is 1. The van der Waals surface area contributed by atoms with Crippen molar-refractivity contribution in [3.05, 3.63) is 29.8 Å². The average molecular weight is 246 g/mol. The van der Waals surface area contributed by atoms with Crippen LogP contribution in [0.2, 0.25) is 0 Å². The molecule has 1 rings (SSSR count). The zero-order valence-corrected chi connectivity index (χ0v) is 8.45. The highest BCUT2D eigenvalue weighted by atomic mass is 19.4. The van der Waals surface area contributed by atoms with Gasteiger partial charge >= 0.3 is 12.2 Å². The van der Waals surface area contributed by atoms with E-state index in [1.165, 1.54) is 6.07 Å². The number of nitrogens with one attached hydrogen (secondary N) is 1. The lowest BCUT2D eigenvalue weighted by Gasteiger charge is -2.22. The molecule has 0 radical (unpaired) electrons. The molecular formula is C9H9F3N4O. The third kappa shape index (κ3) is 2.65. The Kier molecular flexibility index (Phi) is 3.26. The van der Waals surface area contributed by atoms with Crippen molar-refractivity contribution in [1.82, 2.24) is 0 Å². The van der Waals surface area contributed by atoms with Crippen molar-refractivity contribution in [2.45, 2.75) is 6.18 Å².